The van der Waals surface area contributed by atoms with Gasteiger partial charge in [-0.15, -0.1) is 21.5 Å². The highest BCUT2D eigenvalue weighted by Gasteiger charge is 2.19. The number of hydrogen-bond donors (Lipinski definition) is 1. The zero-order valence-electron chi connectivity index (χ0n) is 15.9. The standard InChI is InChI=1S/C21H16N6OS2/c1-14-5-2-3-7-17(14)27-19(16-6-4-9-23-12-16)25-26-21(27)30-13-18(28)24-20-15(11-22)8-10-29-20/h2-10,12H,13H2,1H3,(H,24,28). The molecule has 0 saturated heterocycles. The molecule has 1 amide bonds. The monoisotopic (exact) mass is 432 g/mol. The van der Waals surface area contributed by atoms with Crippen molar-refractivity contribution < 1.29 is 4.79 Å². The first kappa shape index (κ1) is 19.8. The van der Waals surface area contributed by atoms with Crippen molar-refractivity contribution in [3.8, 4) is 23.1 Å². The van der Waals surface area contributed by atoms with Crippen molar-refractivity contribution >= 4 is 34.0 Å². The maximum atomic E-state index is 12.4. The Morgan fingerprint density at radius 3 is 2.87 bits per heavy atom. The molecule has 0 aliphatic rings. The zero-order chi connectivity index (χ0) is 20.9. The fourth-order valence-electron chi connectivity index (χ4n) is 2.86. The fourth-order valence-corrected chi connectivity index (χ4v) is 4.36. The van der Waals surface area contributed by atoms with E-state index in [-0.39, 0.29) is 11.7 Å². The molecule has 7 nitrogen and oxygen atoms in total. The highest BCUT2D eigenvalue weighted by atomic mass is 32.2. The van der Waals surface area contributed by atoms with E-state index in [0.717, 1.165) is 16.8 Å². The number of thioether (sulfide) groups is 1. The number of nitrogens with zero attached hydrogens (tertiary/aromatic N) is 5. The van der Waals surface area contributed by atoms with Crippen molar-refractivity contribution in [3.05, 3.63) is 71.4 Å². The minimum Gasteiger partial charge on any atom is -0.316 e. The molecule has 0 aliphatic carbocycles. The van der Waals surface area contributed by atoms with Crippen molar-refractivity contribution in [1.82, 2.24) is 19.7 Å². The summed E-state index contributed by atoms with van der Waals surface area (Å²) < 4.78 is 1.94. The maximum absolute atomic E-state index is 12.4. The van der Waals surface area contributed by atoms with Gasteiger partial charge in [-0.25, -0.2) is 0 Å². The molecule has 9 heteroatoms. The second-order valence-corrected chi connectivity index (χ2v) is 8.14. The van der Waals surface area contributed by atoms with Gasteiger partial charge in [-0.2, -0.15) is 5.26 Å². The summed E-state index contributed by atoms with van der Waals surface area (Å²) in [6.45, 7) is 2.02. The van der Waals surface area contributed by atoms with Crippen molar-refractivity contribution in [2.45, 2.75) is 12.1 Å². The van der Waals surface area contributed by atoms with Crippen LogP contribution in [0.4, 0.5) is 5.00 Å². The summed E-state index contributed by atoms with van der Waals surface area (Å²) in [7, 11) is 0. The average molecular weight is 433 g/mol. The van der Waals surface area contributed by atoms with Crippen molar-refractivity contribution in [1.29, 1.82) is 5.26 Å². The fraction of sp³-hybridized carbons (Fsp3) is 0.0952. The lowest BCUT2D eigenvalue weighted by molar-refractivity contribution is -0.113. The Bertz CT molecular complexity index is 1230. The number of amides is 1. The third-order valence-electron chi connectivity index (χ3n) is 4.28. The number of anilines is 1. The highest BCUT2D eigenvalue weighted by molar-refractivity contribution is 7.99. The van der Waals surface area contributed by atoms with Crippen molar-refractivity contribution in [2.75, 3.05) is 11.1 Å². The minimum atomic E-state index is -0.207. The summed E-state index contributed by atoms with van der Waals surface area (Å²) in [5.74, 6) is 0.589. The third-order valence-corrected chi connectivity index (χ3v) is 6.04. The second-order valence-electron chi connectivity index (χ2n) is 6.28. The van der Waals surface area contributed by atoms with Gasteiger partial charge < -0.3 is 5.32 Å². The van der Waals surface area contributed by atoms with Gasteiger partial charge in [0.1, 0.15) is 11.1 Å². The predicted octanol–water partition coefficient (Wildman–Crippen LogP) is 4.30. The molecule has 4 aromatic rings. The van der Waals surface area contributed by atoms with Crippen LogP contribution in [-0.2, 0) is 4.79 Å². The van der Waals surface area contributed by atoms with Crippen LogP contribution in [0.2, 0.25) is 0 Å². The average Bonchev–Trinajstić information content (AvgIpc) is 3.40. The first-order valence-electron chi connectivity index (χ1n) is 8.99. The molecule has 0 radical (unpaired) electrons. The quantitative estimate of drug-likeness (QED) is 0.456. The molecule has 30 heavy (non-hydrogen) atoms. The topological polar surface area (TPSA) is 96.5 Å². The Hall–Kier alpha value is -3.48. The van der Waals surface area contributed by atoms with Crippen LogP contribution in [0.15, 0.2) is 65.4 Å². The molecule has 148 valence electrons. The zero-order valence-corrected chi connectivity index (χ0v) is 17.6. The maximum Gasteiger partial charge on any atom is 0.235 e. The van der Waals surface area contributed by atoms with Gasteiger partial charge in [-0.3, -0.25) is 14.3 Å². The van der Waals surface area contributed by atoms with E-state index in [0.29, 0.717) is 21.5 Å². The van der Waals surface area contributed by atoms with Gasteiger partial charge >= 0.3 is 0 Å². The molecule has 0 spiro atoms. The lowest BCUT2D eigenvalue weighted by Gasteiger charge is -2.12. The summed E-state index contributed by atoms with van der Waals surface area (Å²) in [4.78, 5) is 16.6. The van der Waals surface area contributed by atoms with Crippen LogP contribution >= 0.6 is 23.1 Å². The van der Waals surface area contributed by atoms with Gasteiger partial charge in [0.25, 0.3) is 0 Å². The number of para-hydroxylation sites is 1. The van der Waals surface area contributed by atoms with Crippen molar-refractivity contribution in [3.63, 3.8) is 0 Å². The Balaban J connectivity index is 1.62. The number of aromatic nitrogens is 4. The smallest absolute Gasteiger partial charge is 0.235 e. The summed E-state index contributed by atoms with van der Waals surface area (Å²) in [6, 6.07) is 15.5. The van der Waals surface area contributed by atoms with Gasteiger partial charge in [0.05, 0.1) is 17.0 Å². The number of benzene rings is 1. The normalized spacial score (nSPS) is 10.5. The number of hydrogen-bond acceptors (Lipinski definition) is 7. The Morgan fingerprint density at radius 2 is 2.10 bits per heavy atom. The van der Waals surface area contributed by atoms with E-state index < -0.39 is 0 Å². The molecule has 1 N–H and O–H groups in total. The lowest BCUT2D eigenvalue weighted by Crippen LogP contribution is -2.14. The molecule has 4 rings (SSSR count). The molecule has 0 unspecified atom stereocenters. The summed E-state index contributed by atoms with van der Waals surface area (Å²) >= 11 is 2.61. The molecule has 0 aliphatic heterocycles. The number of carbonyl (C=O) groups is 1. The van der Waals surface area contributed by atoms with Crippen LogP contribution < -0.4 is 5.32 Å². The first-order chi connectivity index (χ1) is 14.7. The largest absolute Gasteiger partial charge is 0.316 e. The second kappa shape index (κ2) is 8.90. The molecule has 3 heterocycles. The number of thiophene rings is 1. The summed E-state index contributed by atoms with van der Waals surface area (Å²) in [6.07, 6.45) is 3.44. The van der Waals surface area contributed by atoms with E-state index in [2.05, 4.69) is 26.6 Å². The summed E-state index contributed by atoms with van der Waals surface area (Å²) in [5.41, 5.74) is 3.29. The van der Waals surface area contributed by atoms with Crippen LogP contribution in [0.3, 0.4) is 0 Å². The van der Waals surface area contributed by atoms with E-state index in [1.165, 1.54) is 23.1 Å². The number of carbonyl (C=O) groups excluding carboxylic acids is 1. The number of aryl methyl sites for hydroxylation is 1. The van der Waals surface area contributed by atoms with Crippen LogP contribution in [-0.4, -0.2) is 31.4 Å². The molecule has 1 aromatic carbocycles. The summed E-state index contributed by atoms with van der Waals surface area (Å²) in [5, 5.41) is 23.5. The number of pyridine rings is 1. The Kier molecular flexibility index (Phi) is 5.88. The van der Waals surface area contributed by atoms with Gasteiger partial charge in [-0.05, 0) is 42.1 Å². The van der Waals surface area contributed by atoms with E-state index in [1.54, 1.807) is 23.8 Å². The van der Waals surface area contributed by atoms with E-state index in [4.69, 9.17) is 5.26 Å². The Morgan fingerprint density at radius 1 is 1.23 bits per heavy atom. The predicted molar refractivity (Wildman–Crippen MR) is 118 cm³/mol. The first-order valence-corrected chi connectivity index (χ1v) is 10.9. The molecular weight excluding hydrogens is 416 g/mol. The molecule has 0 bridgehead atoms. The molecule has 0 atom stereocenters. The van der Waals surface area contributed by atoms with Crippen LogP contribution in [0.1, 0.15) is 11.1 Å². The molecule has 3 aromatic heterocycles. The number of nitriles is 1. The van der Waals surface area contributed by atoms with Crippen LogP contribution in [0.5, 0.6) is 0 Å². The van der Waals surface area contributed by atoms with Gasteiger partial charge in [0.15, 0.2) is 11.0 Å². The minimum absolute atomic E-state index is 0.139. The van der Waals surface area contributed by atoms with Crippen LogP contribution in [0.25, 0.3) is 17.1 Å². The third kappa shape index (κ3) is 4.10. The Labute approximate surface area is 181 Å². The van der Waals surface area contributed by atoms with Gasteiger partial charge in [-0.1, -0.05) is 30.0 Å². The number of nitrogens with one attached hydrogen (secondary N) is 1. The highest BCUT2D eigenvalue weighted by Crippen LogP contribution is 2.29. The van der Waals surface area contributed by atoms with E-state index in [9.17, 15) is 4.79 Å². The molecule has 0 saturated carbocycles. The number of rotatable bonds is 6. The van der Waals surface area contributed by atoms with E-state index >= 15 is 0 Å². The van der Waals surface area contributed by atoms with Crippen LogP contribution in [0, 0.1) is 18.3 Å². The van der Waals surface area contributed by atoms with Gasteiger partial charge in [0.2, 0.25) is 5.91 Å². The lowest BCUT2D eigenvalue weighted by atomic mass is 10.2. The SMILES string of the molecule is Cc1ccccc1-n1c(SCC(=O)Nc2sccc2C#N)nnc1-c1cccnc1. The van der Waals surface area contributed by atoms with Crippen molar-refractivity contribution in [2.24, 2.45) is 0 Å². The molecule has 0 fully saturated rings. The van der Waals surface area contributed by atoms with E-state index in [1.807, 2.05) is 47.9 Å². The van der Waals surface area contributed by atoms with Gasteiger partial charge in [0, 0.05) is 18.0 Å². The molecular formula is C21H16N6OS2.